The zero-order valence-corrected chi connectivity index (χ0v) is 19.0. The van der Waals surface area contributed by atoms with Crippen LogP contribution in [-0.4, -0.2) is 27.5 Å². The van der Waals surface area contributed by atoms with Crippen molar-refractivity contribution in [3.8, 4) is 11.5 Å². The fraction of sp³-hybridized carbons (Fsp3) is 0.208. The summed E-state index contributed by atoms with van der Waals surface area (Å²) in [6.07, 6.45) is 0. The minimum absolute atomic E-state index is 0.0794. The third-order valence-corrected chi connectivity index (χ3v) is 6.11. The summed E-state index contributed by atoms with van der Waals surface area (Å²) in [5.41, 5.74) is 3.13. The zero-order valence-electron chi connectivity index (χ0n) is 18.2. The van der Waals surface area contributed by atoms with Crippen LogP contribution in [0.1, 0.15) is 18.1 Å². The van der Waals surface area contributed by atoms with Crippen molar-refractivity contribution in [3.05, 3.63) is 77.9 Å². The molecule has 0 saturated heterocycles. The molecule has 0 bridgehead atoms. The highest BCUT2D eigenvalue weighted by atomic mass is 32.2. The molecule has 168 valence electrons. The molecule has 0 radical (unpaired) electrons. The molecule has 0 aromatic heterocycles. The topological polar surface area (TPSA) is 93.7 Å². The van der Waals surface area contributed by atoms with E-state index in [1.165, 1.54) is 24.3 Å². The third kappa shape index (κ3) is 6.24. The molecule has 0 aliphatic carbocycles. The molecule has 3 aromatic rings. The molecule has 7 nitrogen and oxygen atoms in total. The lowest BCUT2D eigenvalue weighted by atomic mass is 10.1. The van der Waals surface area contributed by atoms with Gasteiger partial charge in [0, 0.05) is 11.4 Å². The van der Waals surface area contributed by atoms with E-state index in [0.717, 1.165) is 11.1 Å². The average molecular weight is 455 g/mol. The second-order valence-corrected chi connectivity index (χ2v) is 8.85. The molecule has 0 heterocycles. The first-order valence-corrected chi connectivity index (χ1v) is 11.6. The summed E-state index contributed by atoms with van der Waals surface area (Å²) < 4.78 is 38.6. The Morgan fingerprint density at radius 3 is 2.06 bits per heavy atom. The molecule has 32 heavy (non-hydrogen) atoms. The highest BCUT2D eigenvalue weighted by Crippen LogP contribution is 2.21. The highest BCUT2D eigenvalue weighted by molar-refractivity contribution is 7.92. The van der Waals surface area contributed by atoms with Gasteiger partial charge in [-0.2, -0.15) is 0 Å². The minimum Gasteiger partial charge on any atom is -0.494 e. The smallest absolute Gasteiger partial charge is 0.262 e. The first-order valence-electron chi connectivity index (χ1n) is 10.1. The summed E-state index contributed by atoms with van der Waals surface area (Å²) in [7, 11) is -3.77. The maximum absolute atomic E-state index is 12.6. The first kappa shape index (κ1) is 23.1. The molecule has 1 amide bonds. The lowest BCUT2D eigenvalue weighted by Gasteiger charge is -2.11. The fourth-order valence-corrected chi connectivity index (χ4v) is 3.93. The van der Waals surface area contributed by atoms with Crippen LogP contribution in [0.25, 0.3) is 0 Å². The van der Waals surface area contributed by atoms with E-state index in [0.29, 0.717) is 29.5 Å². The Bertz CT molecular complexity index is 1170. The van der Waals surface area contributed by atoms with Gasteiger partial charge in [0.1, 0.15) is 11.5 Å². The summed E-state index contributed by atoms with van der Waals surface area (Å²) in [4.78, 5) is 12.2. The summed E-state index contributed by atoms with van der Waals surface area (Å²) >= 11 is 0. The molecular formula is C24H26N2O5S. The molecule has 3 aromatic carbocycles. The number of hydrogen-bond acceptors (Lipinski definition) is 5. The number of nitrogens with one attached hydrogen (secondary N) is 2. The third-order valence-electron chi connectivity index (χ3n) is 4.71. The van der Waals surface area contributed by atoms with E-state index in [1.54, 1.807) is 24.3 Å². The van der Waals surface area contributed by atoms with Gasteiger partial charge in [-0.25, -0.2) is 8.42 Å². The van der Waals surface area contributed by atoms with E-state index in [-0.39, 0.29) is 17.4 Å². The van der Waals surface area contributed by atoms with Crippen LogP contribution < -0.4 is 19.5 Å². The average Bonchev–Trinajstić information content (AvgIpc) is 2.76. The van der Waals surface area contributed by atoms with E-state index < -0.39 is 10.0 Å². The van der Waals surface area contributed by atoms with Crippen LogP contribution in [0.5, 0.6) is 11.5 Å². The van der Waals surface area contributed by atoms with Crippen LogP contribution >= 0.6 is 0 Å². The van der Waals surface area contributed by atoms with Crippen molar-refractivity contribution < 1.29 is 22.7 Å². The molecule has 0 fully saturated rings. The van der Waals surface area contributed by atoms with Gasteiger partial charge in [0.25, 0.3) is 15.9 Å². The van der Waals surface area contributed by atoms with Crippen molar-refractivity contribution in [2.75, 3.05) is 23.3 Å². The predicted molar refractivity (Wildman–Crippen MR) is 125 cm³/mol. The number of ether oxygens (including phenoxy) is 2. The van der Waals surface area contributed by atoms with Gasteiger partial charge in [-0.05, 0) is 92.6 Å². The molecule has 3 rings (SSSR count). The standard InChI is InChI=1S/C24H26N2O5S/c1-4-30-21-11-6-20(7-12-21)26-32(28,29)23-13-8-19(9-14-23)25-24(27)16-31-22-10-5-17(2)18(3)15-22/h5-15,26H,4,16H2,1-3H3,(H,25,27). The number of benzene rings is 3. The second-order valence-electron chi connectivity index (χ2n) is 7.17. The van der Waals surface area contributed by atoms with Gasteiger partial charge in [-0.1, -0.05) is 6.07 Å². The first-order chi connectivity index (χ1) is 15.3. The van der Waals surface area contributed by atoms with E-state index in [1.807, 2.05) is 39.0 Å². The Morgan fingerprint density at radius 2 is 1.44 bits per heavy atom. The van der Waals surface area contributed by atoms with Gasteiger partial charge >= 0.3 is 0 Å². The summed E-state index contributed by atoms with van der Waals surface area (Å²) in [6, 6.07) is 18.2. The number of rotatable bonds is 9. The number of anilines is 2. The quantitative estimate of drug-likeness (QED) is 0.496. The molecular weight excluding hydrogens is 428 g/mol. The Morgan fingerprint density at radius 1 is 0.812 bits per heavy atom. The number of aryl methyl sites for hydroxylation is 2. The monoisotopic (exact) mass is 454 g/mol. The summed E-state index contributed by atoms with van der Waals surface area (Å²) in [5.74, 6) is 0.938. The van der Waals surface area contributed by atoms with Gasteiger partial charge in [-0.3, -0.25) is 9.52 Å². The molecule has 0 aliphatic rings. The van der Waals surface area contributed by atoms with Gasteiger partial charge in [0.15, 0.2) is 6.61 Å². The Kier molecular flexibility index (Phi) is 7.37. The molecule has 0 unspecified atom stereocenters. The molecule has 0 spiro atoms. The Labute approximate surface area is 188 Å². The number of hydrogen-bond donors (Lipinski definition) is 2. The molecule has 0 aliphatic heterocycles. The molecule has 0 saturated carbocycles. The van der Waals surface area contributed by atoms with E-state index in [9.17, 15) is 13.2 Å². The summed E-state index contributed by atoms with van der Waals surface area (Å²) in [5, 5.41) is 2.69. The number of sulfonamides is 1. The van der Waals surface area contributed by atoms with Crippen LogP contribution in [-0.2, 0) is 14.8 Å². The minimum atomic E-state index is -3.77. The number of amides is 1. The highest BCUT2D eigenvalue weighted by Gasteiger charge is 2.14. The van der Waals surface area contributed by atoms with Crippen molar-refractivity contribution in [3.63, 3.8) is 0 Å². The van der Waals surface area contributed by atoms with Gasteiger partial charge in [-0.15, -0.1) is 0 Å². The Hall–Kier alpha value is -3.52. The van der Waals surface area contributed by atoms with Crippen LogP contribution in [0.4, 0.5) is 11.4 Å². The molecule has 8 heteroatoms. The predicted octanol–water partition coefficient (Wildman–Crippen LogP) is 4.52. The van der Waals surface area contributed by atoms with E-state index >= 15 is 0 Å². The molecule has 0 atom stereocenters. The van der Waals surface area contributed by atoms with Gasteiger partial charge < -0.3 is 14.8 Å². The van der Waals surface area contributed by atoms with Crippen LogP contribution in [0.2, 0.25) is 0 Å². The van der Waals surface area contributed by atoms with Crippen molar-refractivity contribution in [2.24, 2.45) is 0 Å². The maximum Gasteiger partial charge on any atom is 0.262 e. The number of carbonyl (C=O) groups excluding carboxylic acids is 1. The van der Waals surface area contributed by atoms with Crippen molar-refractivity contribution >= 4 is 27.3 Å². The lowest BCUT2D eigenvalue weighted by molar-refractivity contribution is -0.118. The van der Waals surface area contributed by atoms with Crippen molar-refractivity contribution in [1.29, 1.82) is 0 Å². The lowest BCUT2D eigenvalue weighted by Crippen LogP contribution is -2.20. The van der Waals surface area contributed by atoms with Crippen molar-refractivity contribution in [2.45, 2.75) is 25.7 Å². The summed E-state index contributed by atoms with van der Waals surface area (Å²) in [6.45, 7) is 6.24. The zero-order chi connectivity index (χ0) is 23.1. The largest absolute Gasteiger partial charge is 0.494 e. The van der Waals surface area contributed by atoms with E-state index in [4.69, 9.17) is 9.47 Å². The number of carbonyl (C=O) groups is 1. The second kappa shape index (κ2) is 10.2. The van der Waals surface area contributed by atoms with Crippen LogP contribution in [0, 0.1) is 13.8 Å². The van der Waals surface area contributed by atoms with E-state index in [2.05, 4.69) is 10.0 Å². The SMILES string of the molecule is CCOc1ccc(NS(=O)(=O)c2ccc(NC(=O)COc3ccc(C)c(C)c3)cc2)cc1. The van der Waals surface area contributed by atoms with Gasteiger partial charge in [0.05, 0.1) is 11.5 Å². The fourth-order valence-electron chi connectivity index (χ4n) is 2.87. The van der Waals surface area contributed by atoms with Crippen LogP contribution in [0.15, 0.2) is 71.6 Å². The maximum atomic E-state index is 12.6. The van der Waals surface area contributed by atoms with Gasteiger partial charge in [0.2, 0.25) is 0 Å². The normalized spacial score (nSPS) is 11.0. The van der Waals surface area contributed by atoms with Crippen LogP contribution in [0.3, 0.4) is 0 Å². The molecule has 2 N–H and O–H groups in total. The van der Waals surface area contributed by atoms with Crippen molar-refractivity contribution in [1.82, 2.24) is 0 Å². The Balaban J connectivity index is 1.57.